The smallest absolute Gasteiger partial charge is 0.313 e. The van der Waals surface area contributed by atoms with Crippen LogP contribution in [0.4, 0.5) is 4.79 Å². The second-order valence-corrected chi connectivity index (χ2v) is 8.36. The lowest BCUT2D eigenvalue weighted by Crippen LogP contribution is -2.60. The minimum absolute atomic E-state index is 0.354. The van der Waals surface area contributed by atoms with Crippen molar-refractivity contribution in [2.75, 3.05) is 13.2 Å². The zero-order valence-corrected chi connectivity index (χ0v) is 16.8. The maximum Gasteiger partial charge on any atom is 0.313 e. The second kappa shape index (κ2) is 6.55. The van der Waals surface area contributed by atoms with Crippen LogP contribution in [0.5, 0.6) is 0 Å². The summed E-state index contributed by atoms with van der Waals surface area (Å²) >= 11 is 7.96. The van der Waals surface area contributed by atoms with Gasteiger partial charge in [0.2, 0.25) is 0 Å². The van der Waals surface area contributed by atoms with Crippen LogP contribution in [0.25, 0.3) is 32.9 Å². The number of pyridine rings is 1. The molecule has 1 fully saturated rings. The number of thiazole rings is 1. The number of hydrogen-bond acceptors (Lipinski definition) is 6. The van der Waals surface area contributed by atoms with Gasteiger partial charge in [0.05, 0.1) is 35.0 Å². The van der Waals surface area contributed by atoms with Gasteiger partial charge in [-0.15, -0.1) is 11.3 Å². The van der Waals surface area contributed by atoms with E-state index >= 15 is 0 Å². The molecule has 5 heterocycles. The Balaban J connectivity index is 1.60. The van der Waals surface area contributed by atoms with Gasteiger partial charge in [-0.05, 0) is 6.07 Å². The van der Waals surface area contributed by atoms with Crippen molar-refractivity contribution in [1.82, 2.24) is 30.0 Å². The monoisotopic (exact) mass is 429 g/mol. The van der Waals surface area contributed by atoms with Crippen molar-refractivity contribution in [3.05, 3.63) is 40.8 Å². The first-order valence-corrected chi connectivity index (χ1v) is 9.93. The Labute approximate surface area is 173 Å². The summed E-state index contributed by atoms with van der Waals surface area (Å²) in [5, 5.41) is 9.08. The number of halogens is 1. The minimum Gasteiger partial charge on any atom is -0.376 e. The fraction of sp³-hybridized carbons (Fsp3) is 0.222. The van der Waals surface area contributed by atoms with Crippen LogP contribution in [0, 0.1) is 0 Å². The molecule has 0 aliphatic carbocycles. The Morgan fingerprint density at radius 2 is 2.21 bits per heavy atom. The van der Waals surface area contributed by atoms with E-state index in [9.17, 15) is 4.79 Å². The molecule has 1 aliphatic heterocycles. The van der Waals surface area contributed by atoms with Crippen LogP contribution in [0.1, 0.15) is 4.88 Å². The lowest BCUT2D eigenvalue weighted by atomic mass is 9.96. The summed E-state index contributed by atoms with van der Waals surface area (Å²) in [6, 6.07) is 1.39. The number of nitrogens with two attached hydrogens (primary N) is 1. The number of aromatic nitrogens is 5. The van der Waals surface area contributed by atoms with E-state index in [-0.39, 0.29) is 0 Å². The molecule has 0 bridgehead atoms. The number of carbonyl (C=O) groups excluding carboxylic acids is 1. The zero-order chi connectivity index (χ0) is 20.2. The van der Waals surface area contributed by atoms with Gasteiger partial charge in [-0.1, -0.05) is 11.6 Å². The van der Waals surface area contributed by atoms with E-state index in [1.54, 1.807) is 23.3 Å². The molecule has 148 valence electrons. The number of amides is 2. The quantitative estimate of drug-likeness (QED) is 0.460. The van der Waals surface area contributed by atoms with Crippen LogP contribution in [0.2, 0.25) is 5.02 Å². The van der Waals surface area contributed by atoms with E-state index in [1.807, 2.05) is 19.3 Å². The lowest BCUT2D eigenvalue weighted by molar-refractivity contribution is -0.0694. The predicted octanol–water partition coefficient (Wildman–Crippen LogP) is 2.63. The van der Waals surface area contributed by atoms with Crippen LogP contribution in [-0.4, -0.2) is 44.0 Å². The number of nitrogens with zero attached hydrogens (tertiary/aromatic N) is 4. The molecule has 1 aliphatic rings. The minimum atomic E-state index is -0.639. The Morgan fingerprint density at radius 3 is 2.86 bits per heavy atom. The number of rotatable bonds is 4. The van der Waals surface area contributed by atoms with Crippen molar-refractivity contribution < 1.29 is 9.53 Å². The number of H-pyrrole nitrogens is 1. The molecular formula is C18H16ClN7O2S. The highest BCUT2D eigenvalue weighted by atomic mass is 35.5. The molecule has 9 nitrogen and oxygen atoms in total. The molecule has 2 amide bonds. The highest BCUT2D eigenvalue weighted by molar-refractivity contribution is 7.15. The molecule has 0 aromatic carbocycles. The summed E-state index contributed by atoms with van der Waals surface area (Å²) in [5.41, 5.74) is 8.03. The standard InChI is InChI=1S/C18H16ClN7O2S/c1-26-6-9(3-23-26)12-2-10-14(11(19)4-21-15(10)24-12)16-22-5-13(29-16)18(7-28-8-18)25-17(20)27/h2-6H,7-8H2,1H3,(H,21,24)(H3,20,25,27). The molecule has 0 radical (unpaired) electrons. The van der Waals surface area contributed by atoms with Crippen LogP contribution in [0.15, 0.2) is 30.9 Å². The third kappa shape index (κ3) is 2.96. The Kier molecular flexibility index (Phi) is 4.09. The van der Waals surface area contributed by atoms with Crippen LogP contribution in [-0.2, 0) is 17.3 Å². The molecular weight excluding hydrogens is 414 g/mol. The van der Waals surface area contributed by atoms with Gasteiger partial charge < -0.3 is 20.8 Å². The number of aromatic amines is 1. The molecule has 4 N–H and O–H groups in total. The number of carbonyl (C=O) groups is 1. The maximum absolute atomic E-state index is 11.4. The van der Waals surface area contributed by atoms with Gasteiger partial charge in [0, 0.05) is 42.2 Å². The summed E-state index contributed by atoms with van der Waals surface area (Å²) in [4.78, 5) is 24.6. The molecule has 0 atom stereocenters. The van der Waals surface area contributed by atoms with E-state index in [0.717, 1.165) is 32.1 Å². The van der Waals surface area contributed by atoms with Gasteiger partial charge in [0.1, 0.15) is 16.2 Å². The van der Waals surface area contributed by atoms with Crippen LogP contribution >= 0.6 is 22.9 Å². The molecule has 4 aromatic heterocycles. The molecule has 29 heavy (non-hydrogen) atoms. The molecule has 11 heteroatoms. The Morgan fingerprint density at radius 1 is 1.38 bits per heavy atom. The first-order chi connectivity index (χ1) is 13.9. The number of fused-ring (bicyclic) bond motifs is 1. The van der Waals surface area contributed by atoms with Crippen molar-refractivity contribution in [3.63, 3.8) is 0 Å². The highest BCUT2D eigenvalue weighted by Gasteiger charge is 2.43. The molecule has 0 saturated carbocycles. The third-order valence-corrected chi connectivity index (χ3v) is 6.38. The van der Waals surface area contributed by atoms with Crippen molar-refractivity contribution >= 4 is 40.0 Å². The van der Waals surface area contributed by atoms with Gasteiger partial charge in [0.15, 0.2) is 0 Å². The topological polar surface area (TPSA) is 124 Å². The maximum atomic E-state index is 11.4. The van der Waals surface area contributed by atoms with E-state index < -0.39 is 11.6 Å². The van der Waals surface area contributed by atoms with Gasteiger partial charge in [-0.3, -0.25) is 4.68 Å². The predicted molar refractivity (Wildman–Crippen MR) is 110 cm³/mol. The van der Waals surface area contributed by atoms with Gasteiger partial charge in [-0.2, -0.15) is 5.10 Å². The normalized spacial score (nSPS) is 15.4. The second-order valence-electron chi connectivity index (χ2n) is 6.92. The summed E-state index contributed by atoms with van der Waals surface area (Å²) in [6.45, 7) is 0.707. The SMILES string of the molecule is Cn1cc(-c2cc3c(-c4ncc(C5(NC(N)=O)COC5)s4)c(Cl)cnc3[nH]2)cn1. The number of urea groups is 1. The largest absolute Gasteiger partial charge is 0.376 e. The summed E-state index contributed by atoms with van der Waals surface area (Å²) in [5.74, 6) is 0. The van der Waals surface area contributed by atoms with Gasteiger partial charge in [0.25, 0.3) is 0 Å². The first kappa shape index (κ1) is 18.1. The average Bonchev–Trinajstić information content (AvgIpc) is 3.36. The van der Waals surface area contributed by atoms with Crippen LogP contribution < -0.4 is 11.1 Å². The third-order valence-electron chi connectivity index (χ3n) is 4.88. The van der Waals surface area contributed by atoms with E-state index in [0.29, 0.717) is 23.9 Å². The van der Waals surface area contributed by atoms with E-state index in [1.165, 1.54) is 11.3 Å². The van der Waals surface area contributed by atoms with Gasteiger partial charge >= 0.3 is 6.03 Å². The number of nitrogens with one attached hydrogen (secondary N) is 2. The Bertz CT molecular complexity index is 1240. The average molecular weight is 430 g/mol. The summed E-state index contributed by atoms with van der Waals surface area (Å²) in [6.07, 6.45) is 7.04. The molecule has 0 unspecified atom stereocenters. The number of ether oxygens (including phenoxy) is 1. The summed E-state index contributed by atoms with van der Waals surface area (Å²) < 4.78 is 7.05. The van der Waals surface area contributed by atoms with Crippen LogP contribution in [0.3, 0.4) is 0 Å². The van der Waals surface area contributed by atoms with Crippen molar-refractivity contribution in [2.45, 2.75) is 5.54 Å². The summed E-state index contributed by atoms with van der Waals surface area (Å²) in [7, 11) is 1.86. The Hall–Kier alpha value is -2.95. The first-order valence-electron chi connectivity index (χ1n) is 8.73. The molecule has 0 spiro atoms. The highest BCUT2D eigenvalue weighted by Crippen LogP contribution is 2.41. The fourth-order valence-electron chi connectivity index (χ4n) is 3.41. The zero-order valence-electron chi connectivity index (χ0n) is 15.3. The molecule has 1 saturated heterocycles. The molecule has 4 aromatic rings. The van der Waals surface area contributed by atoms with E-state index in [2.05, 4.69) is 25.4 Å². The van der Waals surface area contributed by atoms with E-state index in [4.69, 9.17) is 22.1 Å². The van der Waals surface area contributed by atoms with Crippen molar-refractivity contribution in [3.8, 4) is 21.8 Å². The number of hydrogen-bond donors (Lipinski definition) is 3. The van der Waals surface area contributed by atoms with Gasteiger partial charge in [-0.25, -0.2) is 14.8 Å². The molecule has 5 rings (SSSR count). The fourth-order valence-corrected chi connectivity index (χ4v) is 4.81. The number of aryl methyl sites for hydroxylation is 1. The van der Waals surface area contributed by atoms with Crippen molar-refractivity contribution in [1.29, 1.82) is 0 Å². The number of primary amides is 1. The van der Waals surface area contributed by atoms with Crippen molar-refractivity contribution in [2.24, 2.45) is 12.8 Å². The lowest BCUT2D eigenvalue weighted by Gasteiger charge is -2.40.